The van der Waals surface area contributed by atoms with Crippen LogP contribution < -0.4 is 10.5 Å². The van der Waals surface area contributed by atoms with Crippen LogP contribution in [0.4, 0.5) is 5.69 Å². The smallest absolute Gasteiger partial charge is 0.262 e. The number of halogens is 1. The zero-order valence-corrected chi connectivity index (χ0v) is 17.6. The summed E-state index contributed by atoms with van der Waals surface area (Å²) in [6.45, 7) is 4.76. The van der Waals surface area contributed by atoms with Crippen molar-refractivity contribution < 1.29 is 13.2 Å². The Morgan fingerprint density at radius 2 is 1.75 bits per heavy atom. The summed E-state index contributed by atoms with van der Waals surface area (Å²) < 4.78 is 28.4. The van der Waals surface area contributed by atoms with E-state index in [-0.39, 0.29) is 29.3 Å². The average molecular weight is 424 g/mol. The summed E-state index contributed by atoms with van der Waals surface area (Å²) in [4.78, 5) is 14.9. The Balaban J connectivity index is 0.00000280. The summed E-state index contributed by atoms with van der Waals surface area (Å²) >= 11 is 0. The molecule has 0 unspecified atom stereocenters. The number of hydrogen-bond acceptors (Lipinski definition) is 4. The predicted molar refractivity (Wildman–Crippen MR) is 114 cm³/mol. The minimum absolute atomic E-state index is 0. The van der Waals surface area contributed by atoms with Gasteiger partial charge in [0.15, 0.2) is 0 Å². The highest BCUT2D eigenvalue weighted by atomic mass is 35.5. The van der Waals surface area contributed by atoms with Gasteiger partial charge in [0.1, 0.15) is 0 Å². The predicted octanol–water partition coefficient (Wildman–Crippen LogP) is 3.09. The van der Waals surface area contributed by atoms with Gasteiger partial charge < -0.3 is 10.6 Å². The van der Waals surface area contributed by atoms with Crippen LogP contribution in [0, 0.1) is 13.8 Å². The lowest BCUT2D eigenvalue weighted by Gasteiger charge is -2.30. The van der Waals surface area contributed by atoms with Gasteiger partial charge in [0.2, 0.25) is 0 Å². The third-order valence-electron chi connectivity index (χ3n) is 4.86. The fourth-order valence-electron chi connectivity index (χ4n) is 3.23. The molecule has 3 N–H and O–H groups in total. The summed E-state index contributed by atoms with van der Waals surface area (Å²) in [6.07, 6.45) is 1.50. The van der Waals surface area contributed by atoms with E-state index >= 15 is 0 Å². The molecule has 1 saturated heterocycles. The van der Waals surface area contributed by atoms with Crippen molar-refractivity contribution >= 4 is 34.0 Å². The summed E-state index contributed by atoms with van der Waals surface area (Å²) in [5.74, 6) is -0.179. The van der Waals surface area contributed by atoms with E-state index in [9.17, 15) is 13.2 Å². The van der Waals surface area contributed by atoms with Gasteiger partial charge in [0, 0.05) is 19.1 Å². The number of nitrogens with one attached hydrogen (secondary N) is 1. The van der Waals surface area contributed by atoms with Crippen LogP contribution >= 0.6 is 12.4 Å². The maximum Gasteiger partial charge on any atom is 0.262 e. The number of carbonyl (C=O) groups excluding carboxylic acids is 1. The fourth-order valence-corrected chi connectivity index (χ4v) is 4.64. The average Bonchev–Trinajstić information content (AvgIpc) is 2.64. The number of piperidine rings is 1. The van der Waals surface area contributed by atoms with E-state index in [0.717, 1.165) is 18.4 Å². The molecule has 0 aliphatic carbocycles. The molecule has 2 aromatic rings. The van der Waals surface area contributed by atoms with Crippen molar-refractivity contribution in [3.05, 3.63) is 59.2 Å². The van der Waals surface area contributed by atoms with Crippen LogP contribution in [0.15, 0.2) is 47.4 Å². The van der Waals surface area contributed by atoms with Crippen molar-refractivity contribution in [2.75, 3.05) is 17.8 Å². The fraction of sp³-hybridized carbons (Fsp3) is 0.350. The second-order valence-corrected chi connectivity index (χ2v) is 8.70. The second kappa shape index (κ2) is 8.94. The molecule has 1 fully saturated rings. The van der Waals surface area contributed by atoms with E-state index in [1.54, 1.807) is 48.2 Å². The minimum Gasteiger partial charge on any atom is -0.338 e. The van der Waals surface area contributed by atoms with E-state index in [1.165, 1.54) is 0 Å². The standard InChI is InChI=1S/C20H25N3O3S.ClH/c1-14-7-8-15(2)19(13-14)27(25,26)22-18-6-4-3-5-17(18)20(24)23-11-9-16(21)10-12-23;/h3-8,13,16,22H,9-12,21H2,1-2H3;1H. The lowest BCUT2D eigenvalue weighted by Crippen LogP contribution is -2.43. The zero-order chi connectivity index (χ0) is 19.6. The van der Waals surface area contributed by atoms with Crippen molar-refractivity contribution in [2.24, 2.45) is 5.73 Å². The molecule has 3 rings (SSSR count). The zero-order valence-electron chi connectivity index (χ0n) is 16.0. The molecule has 0 spiro atoms. The molecule has 0 radical (unpaired) electrons. The van der Waals surface area contributed by atoms with Crippen LogP contribution in [0.2, 0.25) is 0 Å². The molecule has 1 aliphatic heterocycles. The maximum absolute atomic E-state index is 12.9. The Hall–Kier alpha value is -2.09. The van der Waals surface area contributed by atoms with Gasteiger partial charge >= 0.3 is 0 Å². The summed E-state index contributed by atoms with van der Waals surface area (Å²) in [6, 6.07) is 12.1. The van der Waals surface area contributed by atoms with Gasteiger partial charge in [-0.25, -0.2) is 8.42 Å². The molecule has 2 aromatic carbocycles. The van der Waals surface area contributed by atoms with Gasteiger partial charge in [-0.3, -0.25) is 9.52 Å². The molecule has 28 heavy (non-hydrogen) atoms. The Bertz CT molecular complexity index is 955. The van der Waals surface area contributed by atoms with Gasteiger partial charge in [0.25, 0.3) is 15.9 Å². The highest BCUT2D eigenvalue weighted by molar-refractivity contribution is 7.92. The van der Waals surface area contributed by atoms with Crippen LogP contribution in [0.1, 0.15) is 34.3 Å². The van der Waals surface area contributed by atoms with E-state index in [1.807, 2.05) is 13.0 Å². The quantitative estimate of drug-likeness (QED) is 0.790. The number of benzene rings is 2. The molecular formula is C20H26ClN3O3S. The molecule has 0 saturated carbocycles. The number of nitrogens with zero attached hydrogens (tertiary/aromatic N) is 1. The molecule has 6 nitrogen and oxygen atoms in total. The van der Waals surface area contributed by atoms with Crippen LogP contribution in [0.3, 0.4) is 0 Å². The largest absolute Gasteiger partial charge is 0.338 e. The molecule has 1 heterocycles. The normalized spacial score (nSPS) is 15.0. The van der Waals surface area contributed by atoms with Gasteiger partial charge in [-0.2, -0.15) is 0 Å². The summed E-state index contributed by atoms with van der Waals surface area (Å²) in [5, 5.41) is 0. The number of nitrogens with two attached hydrogens (primary N) is 1. The van der Waals surface area contributed by atoms with Crippen molar-refractivity contribution in [3.8, 4) is 0 Å². The molecule has 0 atom stereocenters. The number of sulfonamides is 1. The Labute approximate surface area is 172 Å². The van der Waals surface area contributed by atoms with E-state index in [0.29, 0.717) is 29.9 Å². The first kappa shape index (κ1) is 22.2. The van der Waals surface area contributed by atoms with Crippen LogP contribution in [0.5, 0.6) is 0 Å². The highest BCUT2D eigenvalue weighted by Crippen LogP contribution is 2.25. The number of hydrogen-bond donors (Lipinski definition) is 2. The number of para-hydroxylation sites is 1. The van der Waals surface area contributed by atoms with Crippen LogP contribution in [-0.2, 0) is 10.0 Å². The molecule has 0 aromatic heterocycles. The van der Waals surface area contributed by atoms with Crippen molar-refractivity contribution in [1.29, 1.82) is 0 Å². The maximum atomic E-state index is 12.9. The van der Waals surface area contributed by atoms with Crippen molar-refractivity contribution in [2.45, 2.75) is 37.6 Å². The topological polar surface area (TPSA) is 92.5 Å². The summed E-state index contributed by atoms with van der Waals surface area (Å²) in [5.41, 5.74) is 8.06. The first-order valence-corrected chi connectivity index (χ1v) is 10.5. The third kappa shape index (κ3) is 4.84. The molecule has 8 heteroatoms. The summed E-state index contributed by atoms with van der Waals surface area (Å²) in [7, 11) is -3.80. The van der Waals surface area contributed by atoms with Gasteiger partial charge in [0.05, 0.1) is 16.1 Å². The second-order valence-electron chi connectivity index (χ2n) is 7.05. The first-order chi connectivity index (χ1) is 12.8. The van der Waals surface area contributed by atoms with Gasteiger partial charge in [-0.1, -0.05) is 24.3 Å². The Kier molecular flexibility index (Phi) is 7.09. The Morgan fingerprint density at radius 1 is 1.11 bits per heavy atom. The number of carbonyl (C=O) groups is 1. The molecular weight excluding hydrogens is 398 g/mol. The first-order valence-electron chi connectivity index (χ1n) is 9.02. The highest BCUT2D eigenvalue weighted by Gasteiger charge is 2.25. The van der Waals surface area contributed by atoms with E-state index < -0.39 is 10.0 Å². The molecule has 0 bridgehead atoms. The van der Waals surface area contributed by atoms with E-state index in [2.05, 4.69) is 4.72 Å². The lowest BCUT2D eigenvalue weighted by molar-refractivity contribution is 0.0716. The number of anilines is 1. The van der Waals surface area contributed by atoms with Crippen molar-refractivity contribution in [3.63, 3.8) is 0 Å². The van der Waals surface area contributed by atoms with Gasteiger partial charge in [-0.15, -0.1) is 12.4 Å². The van der Waals surface area contributed by atoms with Crippen molar-refractivity contribution in [1.82, 2.24) is 4.90 Å². The molecule has 1 aliphatic rings. The van der Waals surface area contributed by atoms with Crippen LogP contribution in [0.25, 0.3) is 0 Å². The number of rotatable bonds is 4. The molecule has 152 valence electrons. The number of aryl methyl sites for hydroxylation is 2. The third-order valence-corrected chi connectivity index (χ3v) is 6.37. The lowest BCUT2D eigenvalue weighted by atomic mass is 10.0. The van der Waals surface area contributed by atoms with E-state index in [4.69, 9.17) is 5.73 Å². The Morgan fingerprint density at radius 3 is 2.43 bits per heavy atom. The monoisotopic (exact) mass is 423 g/mol. The minimum atomic E-state index is -3.80. The van der Waals surface area contributed by atoms with Gasteiger partial charge in [-0.05, 0) is 56.0 Å². The SMILES string of the molecule is Cc1ccc(C)c(S(=O)(=O)Nc2ccccc2C(=O)N2CCC(N)CC2)c1.Cl. The molecule has 1 amide bonds. The van der Waals surface area contributed by atoms with Crippen LogP contribution in [-0.4, -0.2) is 38.4 Å². The number of amides is 1. The number of likely N-dealkylation sites (tertiary alicyclic amines) is 1.